The molecule has 0 saturated carbocycles. The summed E-state index contributed by atoms with van der Waals surface area (Å²) >= 11 is 1.79. The Morgan fingerprint density at radius 3 is 2.45 bits per heavy atom. The molecule has 0 amide bonds. The third-order valence-corrected chi connectivity index (χ3v) is 3.82. The van der Waals surface area contributed by atoms with Crippen LogP contribution >= 0.6 is 11.3 Å². The lowest BCUT2D eigenvalue weighted by Gasteiger charge is -2.25. The fourth-order valence-electron chi connectivity index (χ4n) is 2.02. The van der Waals surface area contributed by atoms with E-state index < -0.39 is 0 Å². The Balaban J connectivity index is 2.56. The van der Waals surface area contributed by atoms with E-state index in [1.807, 2.05) is 6.20 Å². The molecule has 0 saturated heterocycles. The van der Waals surface area contributed by atoms with Crippen LogP contribution < -0.4 is 10.2 Å². The highest BCUT2D eigenvalue weighted by Gasteiger charge is 2.14. The van der Waals surface area contributed by atoms with Gasteiger partial charge in [-0.05, 0) is 11.8 Å². The van der Waals surface area contributed by atoms with E-state index in [2.05, 4.69) is 42.9 Å². The van der Waals surface area contributed by atoms with Crippen LogP contribution in [0, 0.1) is 11.8 Å². The Kier molecular flexibility index (Phi) is 8.11. The van der Waals surface area contributed by atoms with E-state index >= 15 is 0 Å². The van der Waals surface area contributed by atoms with Gasteiger partial charge in [-0.2, -0.15) is 0 Å². The fourth-order valence-corrected chi connectivity index (χ4v) is 2.92. The smallest absolute Gasteiger partial charge is 0.185 e. The first-order valence-electron chi connectivity index (χ1n) is 7.42. The first-order valence-corrected chi connectivity index (χ1v) is 8.23. The number of anilines is 1. The maximum atomic E-state index is 5.03. The van der Waals surface area contributed by atoms with E-state index in [1.54, 1.807) is 18.4 Å². The van der Waals surface area contributed by atoms with Gasteiger partial charge in [-0.3, -0.25) is 0 Å². The number of hydrogen-bond donors (Lipinski definition) is 1. The van der Waals surface area contributed by atoms with Gasteiger partial charge in [0, 0.05) is 44.4 Å². The van der Waals surface area contributed by atoms with Crippen LogP contribution in [-0.4, -0.2) is 38.3 Å². The van der Waals surface area contributed by atoms with Crippen molar-refractivity contribution in [2.24, 2.45) is 11.8 Å². The summed E-state index contributed by atoms with van der Waals surface area (Å²) in [5.74, 6) is 1.31. The van der Waals surface area contributed by atoms with Crippen LogP contribution in [0.3, 0.4) is 0 Å². The van der Waals surface area contributed by atoms with Crippen LogP contribution in [0.1, 0.15) is 32.6 Å². The van der Waals surface area contributed by atoms with Crippen LogP contribution in [0.15, 0.2) is 6.20 Å². The minimum atomic E-state index is 0.654. The number of ether oxygens (including phenoxy) is 1. The van der Waals surface area contributed by atoms with Gasteiger partial charge in [-0.25, -0.2) is 4.98 Å². The van der Waals surface area contributed by atoms with E-state index in [4.69, 9.17) is 4.74 Å². The topological polar surface area (TPSA) is 37.4 Å². The molecular formula is C15H29N3OS. The predicted octanol–water partition coefficient (Wildman–Crippen LogP) is 3.00. The molecule has 0 aliphatic heterocycles. The minimum Gasteiger partial charge on any atom is -0.383 e. The molecule has 0 aliphatic carbocycles. The van der Waals surface area contributed by atoms with Crippen molar-refractivity contribution in [3.05, 3.63) is 11.1 Å². The maximum absolute atomic E-state index is 5.03. The number of thiazole rings is 1. The summed E-state index contributed by atoms with van der Waals surface area (Å²) in [6.07, 6.45) is 1.99. The van der Waals surface area contributed by atoms with Gasteiger partial charge in [0.25, 0.3) is 0 Å². The van der Waals surface area contributed by atoms with Crippen molar-refractivity contribution < 1.29 is 4.74 Å². The Bertz CT molecular complexity index is 356. The number of nitrogens with one attached hydrogen (secondary N) is 1. The Labute approximate surface area is 127 Å². The largest absolute Gasteiger partial charge is 0.383 e. The molecule has 0 aliphatic rings. The quantitative estimate of drug-likeness (QED) is 0.674. The molecule has 0 bridgehead atoms. The second-order valence-electron chi connectivity index (χ2n) is 5.97. The van der Waals surface area contributed by atoms with Gasteiger partial charge < -0.3 is 15.0 Å². The molecule has 20 heavy (non-hydrogen) atoms. The van der Waals surface area contributed by atoms with Crippen molar-refractivity contribution in [1.82, 2.24) is 10.3 Å². The van der Waals surface area contributed by atoms with Crippen molar-refractivity contribution >= 4 is 16.5 Å². The monoisotopic (exact) mass is 299 g/mol. The number of aromatic nitrogens is 1. The standard InChI is InChI=1S/C15H29N3OS/c1-12(2)10-18(11-13(3)4)15-17-9-14(20-15)8-16-6-7-19-5/h9,12-13,16H,6-8,10-11H2,1-5H3. The molecule has 116 valence electrons. The summed E-state index contributed by atoms with van der Waals surface area (Å²) in [7, 11) is 1.72. The number of rotatable bonds is 10. The lowest BCUT2D eigenvalue weighted by molar-refractivity contribution is 0.199. The van der Waals surface area contributed by atoms with Gasteiger partial charge in [0.15, 0.2) is 5.13 Å². The minimum absolute atomic E-state index is 0.654. The molecule has 1 heterocycles. The number of hydrogen-bond acceptors (Lipinski definition) is 5. The van der Waals surface area contributed by atoms with Gasteiger partial charge in [-0.1, -0.05) is 27.7 Å². The zero-order valence-electron chi connectivity index (χ0n) is 13.5. The molecule has 1 aromatic heterocycles. The van der Waals surface area contributed by atoms with Gasteiger partial charge in [0.1, 0.15) is 0 Å². The lowest BCUT2D eigenvalue weighted by atomic mass is 10.1. The van der Waals surface area contributed by atoms with Crippen LogP contribution in [0.5, 0.6) is 0 Å². The van der Waals surface area contributed by atoms with E-state index in [0.29, 0.717) is 11.8 Å². The highest BCUT2D eigenvalue weighted by atomic mass is 32.1. The average Bonchev–Trinajstić information content (AvgIpc) is 2.81. The fraction of sp³-hybridized carbons (Fsp3) is 0.800. The van der Waals surface area contributed by atoms with E-state index in [9.17, 15) is 0 Å². The van der Waals surface area contributed by atoms with Crippen LogP contribution in [0.4, 0.5) is 5.13 Å². The van der Waals surface area contributed by atoms with Gasteiger partial charge in [-0.15, -0.1) is 11.3 Å². The molecule has 1 N–H and O–H groups in total. The normalized spacial score (nSPS) is 11.6. The Hall–Kier alpha value is -0.650. The first kappa shape index (κ1) is 17.4. The molecule has 1 rings (SSSR count). The molecule has 1 aromatic rings. The summed E-state index contributed by atoms with van der Waals surface area (Å²) in [4.78, 5) is 8.30. The van der Waals surface area contributed by atoms with Crippen LogP contribution in [-0.2, 0) is 11.3 Å². The van der Waals surface area contributed by atoms with E-state index in [1.165, 1.54) is 4.88 Å². The summed E-state index contributed by atoms with van der Waals surface area (Å²) in [6, 6.07) is 0. The summed E-state index contributed by atoms with van der Waals surface area (Å²) in [5, 5.41) is 4.51. The summed E-state index contributed by atoms with van der Waals surface area (Å²) in [6.45, 7) is 13.7. The third kappa shape index (κ3) is 6.68. The maximum Gasteiger partial charge on any atom is 0.185 e. The molecule has 0 unspecified atom stereocenters. The first-order chi connectivity index (χ1) is 9.52. The summed E-state index contributed by atoms with van der Waals surface area (Å²) in [5.41, 5.74) is 0. The van der Waals surface area contributed by atoms with Gasteiger partial charge in [0.2, 0.25) is 0 Å². The highest BCUT2D eigenvalue weighted by Crippen LogP contribution is 2.24. The third-order valence-electron chi connectivity index (χ3n) is 2.77. The molecule has 5 heteroatoms. The number of methoxy groups -OCH3 is 1. The van der Waals surface area contributed by atoms with Crippen molar-refractivity contribution in [1.29, 1.82) is 0 Å². The molecule has 0 aromatic carbocycles. The van der Waals surface area contributed by atoms with Crippen molar-refractivity contribution in [2.45, 2.75) is 34.2 Å². The summed E-state index contributed by atoms with van der Waals surface area (Å²) < 4.78 is 5.03. The zero-order chi connectivity index (χ0) is 15.0. The second-order valence-corrected chi connectivity index (χ2v) is 7.07. The molecule has 0 fully saturated rings. The predicted molar refractivity (Wildman–Crippen MR) is 87.6 cm³/mol. The molecule has 0 spiro atoms. The van der Waals surface area contributed by atoms with E-state index in [0.717, 1.165) is 37.9 Å². The average molecular weight is 299 g/mol. The second kappa shape index (κ2) is 9.32. The highest BCUT2D eigenvalue weighted by molar-refractivity contribution is 7.15. The van der Waals surface area contributed by atoms with Crippen molar-refractivity contribution in [3.63, 3.8) is 0 Å². The Morgan fingerprint density at radius 1 is 1.25 bits per heavy atom. The van der Waals surface area contributed by atoms with Crippen molar-refractivity contribution in [2.75, 3.05) is 38.3 Å². The SMILES string of the molecule is COCCNCc1cnc(N(CC(C)C)CC(C)C)s1. The molecule has 0 radical (unpaired) electrons. The molecule has 0 atom stereocenters. The molecule has 4 nitrogen and oxygen atoms in total. The van der Waals surface area contributed by atoms with Crippen LogP contribution in [0.2, 0.25) is 0 Å². The molecular weight excluding hydrogens is 270 g/mol. The zero-order valence-corrected chi connectivity index (χ0v) is 14.3. The van der Waals surface area contributed by atoms with Gasteiger partial charge in [0.05, 0.1) is 6.61 Å². The lowest BCUT2D eigenvalue weighted by Crippen LogP contribution is -2.31. The van der Waals surface area contributed by atoms with Gasteiger partial charge >= 0.3 is 0 Å². The van der Waals surface area contributed by atoms with Crippen molar-refractivity contribution in [3.8, 4) is 0 Å². The van der Waals surface area contributed by atoms with Crippen LogP contribution in [0.25, 0.3) is 0 Å². The number of nitrogens with zero attached hydrogens (tertiary/aromatic N) is 2. The Morgan fingerprint density at radius 2 is 1.90 bits per heavy atom. The van der Waals surface area contributed by atoms with E-state index in [-0.39, 0.29) is 0 Å².